The maximum Gasteiger partial charge on any atom is 0.408 e. The van der Waals surface area contributed by atoms with Crippen molar-refractivity contribution in [2.45, 2.75) is 135 Å². The first-order valence-electron chi connectivity index (χ1n) is 21.5. The smallest absolute Gasteiger partial charge is 0.408 e. The van der Waals surface area contributed by atoms with Crippen LogP contribution in [-0.2, 0) is 44.6 Å². The molecule has 14 nitrogen and oxygen atoms in total. The highest BCUT2D eigenvalue weighted by atomic mass is 16.7. The minimum Gasteiger partial charge on any atom is -0.458 e. The van der Waals surface area contributed by atoms with Gasteiger partial charge in [-0.1, -0.05) is 64.1 Å². The molecule has 3 fully saturated rings. The summed E-state index contributed by atoms with van der Waals surface area (Å²) < 4.78 is 31.8. The molecule has 13 atom stereocenters. The molecule has 3 aliphatic heterocycles. The first kappa shape index (κ1) is 45.9. The lowest BCUT2D eigenvalue weighted by atomic mass is 9.73. The molecule has 2 aromatic heterocycles. The number of carbonyl (C=O) groups excluding carboxylic acids is 4. The number of likely N-dealkylation sites (N-methyl/N-ethyl adjacent to an activating group) is 1. The van der Waals surface area contributed by atoms with E-state index in [2.05, 4.69) is 15.3 Å². The summed E-state index contributed by atoms with van der Waals surface area (Å²) in [5.74, 6) is -5.25. The summed E-state index contributed by atoms with van der Waals surface area (Å²) in [6.07, 6.45) is 4.26. The number of aliphatic hydroxyl groups is 1. The van der Waals surface area contributed by atoms with Crippen molar-refractivity contribution >= 4 is 40.6 Å². The molecule has 14 heteroatoms. The molecule has 0 radical (unpaired) electrons. The second-order valence-electron chi connectivity index (χ2n) is 17.7. The van der Waals surface area contributed by atoms with Crippen LogP contribution < -0.4 is 5.32 Å². The molecular weight excluding hydrogens is 781 g/mol. The minimum absolute atomic E-state index is 0.0435. The fourth-order valence-electron chi connectivity index (χ4n) is 9.55. The molecule has 0 bridgehead atoms. The number of nitrogens with zero attached hydrogens (tertiary/aromatic N) is 3. The number of esters is 1. The maximum atomic E-state index is 14.6. The molecule has 0 spiro atoms. The third-order valence-electron chi connectivity index (χ3n) is 12.9. The van der Waals surface area contributed by atoms with E-state index < -0.39 is 89.4 Å². The van der Waals surface area contributed by atoms with Crippen molar-refractivity contribution in [1.29, 1.82) is 0 Å². The zero-order chi connectivity index (χ0) is 44.2. The Kier molecular flexibility index (Phi) is 14.5. The predicted octanol–water partition coefficient (Wildman–Crippen LogP) is 6.08. The number of Topliss-reactive ketones (excluding diaryl/α,β-unsaturated/α-hetero) is 2. The number of pyridine rings is 2. The van der Waals surface area contributed by atoms with Crippen LogP contribution in [0.3, 0.4) is 0 Å². The average Bonchev–Trinajstić information content (AvgIpc) is 3.56. The van der Waals surface area contributed by atoms with E-state index in [1.807, 2.05) is 73.5 Å². The van der Waals surface area contributed by atoms with Gasteiger partial charge in [0.05, 0.1) is 36.0 Å². The Balaban J connectivity index is 1.37. The zero-order valence-corrected chi connectivity index (χ0v) is 36.8. The van der Waals surface area contributed by atoms with Gasteiger partial charge in [-0.05, 0) is 83.3 Å². The number of alkyl carbamates (subject to hydrolysis) is 1. The number of aliphatic hydroxyl groups excluding tert-OH is 1. The van der Waals surface area contributed by atoms with E-state index in [0.29, 0.717) is 13.0 Å². The summed E-state index contributed by atoms with van der Waals surface area (Å²) in [6.45, 7) is 14.4. The molecule has 0 unspecified atom stereocenters. The van der Waals surface area contributed by atoms with Gasteiger partial charge in [0, 0.05) is 54.3 Å². The highest BCUT2D eigenvalue weighted by Crippen LogP contribution is 2.40. The van der Waals surface area contributed by atoms with Crippen LogP contribution in [0.25, 0.3) is 17.0 Å². The van der Waals surface area contributed by atoms with Crippen molar-refractivity contribution in [3.8, 4) is 0 Å². The largest absolute Gasteiger partial charge is 0.458 e. The normalized spacial score (nSPS) is 35.4. The van der Waals surface area contributed by atoms with E-state index in [1.54, 1.807) is 60.1 Å². The molecule has 3 saturated heterocycles. The lowest BCUT2D eigenvalue weighted by Gasteiger charge is -2.47. The standard InChI is InChI=1S/C47H62N4O10/c1-10-37-47(8)41(50-45(56)61-47)29(4)38(52)27(2)23-46(7,57-20-14-16-32-22-34-17-11-12-18-35(34)49-25-32)42(30(5)39(53)31(6)43(55)59-37)60-44-40(54)36(21-28(3)58-44)51(9)26-33-15-13-19-48-24-33/h11-19,22,24-25,27-31,36-37,40-42,44,54H,10,20-21,23,26H2,1-9H3,(H,50,56)/b16-14+/t27-,28-,29+,30+,31-,36+,37-,40-,41-,42-,44+,46-,47-/m1/s1. The van der Waals surface area contributed by atoms with E-state index in [0.717, 1.165) is 22.0 Å². The van der Waals surface area contributed by atoms with Gasteiger partial charge in [0.15, 0.2) is 17.7 Å². The zero-order valence-electron chi connectivity index (χ0n) is 36.8. The number of carbonyl (C=O) groups is 4. The number of benzene rings is 1. The summed E-state index contributed by atoms with van der Waals surface area (Å²) in [5, 5.41) is 15.8. The van der Waals surface area contributed by atoms with Gasteiger partial charge in [0.2, 0.25) is 0 Å². The topological polar surface area (TPSA) is 176 Å². The van der Waals surface area contributed by atoms with Crippen molar-refractivity contribution in [2.24, 2.45) is 23.7 Å². The molecule has 3 aromatic rings. The Hall–Kier alpha value is -4.60. The minimum atomic E-state index is -1.39. The van der Waals surface area contributed by atoms with Gasteiger partial charge in [0.25, 0.3) is 0 Å². The molecule has 1 aromatic carbocycles. The Morgan fingerprint density at radius 3 is 2.48 bits per heavy atom. The van der Waals surface area contributed by atoms with Crippen LogP contribution in [0.5, 0.6) is 0 Å². The van der Waals surface area contributed by atoms with Crippen molar-refractivity contribution in [2.75, 3.05) is 13.7 Å². The number of ether oxygens (including phenoxy) is 5. The fraction of sp³-hybridized carbons (Fsp3) is 0.574. The number of fused-ring (bicyclic) bond motifs is 2. The maximum absolute atomic E-state index is 14.6. The van der Waals surface area contributed by atoms with Gasteiger partial charge >= 0.3 is 12.1 Å². The van der Waals surface area contributed by atoms with Gasteiger partial charge in [0.1, 0.15) is 23.9 Å². The molecule has 6 rings (SSSR count). The van der Waals surface area contributed by atoms with E-state index in [1.165, 1.54) is 6.92 Å². The third-order valence-corrected chi connectivity index (χ3v) is 12.9. The average molecular weight is 843 g/mol. The molecule has 61 heavy (non-hydrogen) atoms. The summed E-state index contributed by atoms with van der Waals surface area (Å²) in [7, 11) is 1.92. The van der Waals surface area contributed by atoms with Crippen LogP contribution in [0.2, 0.25) is 0 Å². The second-order valence-corrected chi connectivity index (χ2v) is 17.7. The lowest BCUT2D eigenvalue weighted by Crippen LogP contribution is -2.60. The molecule has 330 valence electrons. The highest BCUT2D eigenvalue weighted by molar-refractivity contribution is 6.00. The van der Waals surface area contributed by atoms with E-state index in [4.69, 9.17) is 23.7 Å². The van der Waals surface area contributed by atoms with Crippen LogP contribution in [0, 0.1) is 23.7 Å². The van der Waals surface area contributed by atoms with Crippen molar-refractivity contribution in [3.63, 3.8) is 0 Å². The molecular formula is C47H62N4O10. The molecule has 0 saturated carbocycles. The summed E-state index contributed by atoms with van der Waals surface area (Å²) >= 11 is 0. The van der Waals surface area contributed by atoms with Crippen molar-refractivity contribution in [1.82, 2.24) is 20.2 Å². The number of nitrogens with one attached hydrogen (secondary N) is 1. The summed E-state index contributed by atoms with van der Waals surface area (Å²) in [5.41, 5.74) is -0.100. The SMILES string of the molecule is CC[C@H]1OC(=O)[C@H](C)C(=O)[C@H](C)[C@@H](O[C@@H]2O[C@H](C)C[C@H](N(C)Cc3cccnc3)[C@H]2O)[C@](C)(OC/C=C/c2cnc3ccccc3c2)C[C@@H](C)C(=O)[C@H](C)[C@H]2NC(=O)O[C@@]21C. The van der Waals surface area contributed by atoms with E-state index in [-0.39, 0.29) is 31.3 Å². The summed E-state index contributed by atoms with van der Waals surface area (Å²) in [6, 6.07) is 12.4. The molecule has 0 aliphatic carbocycles. The third kappa shape index (κ3) is 10.0. The van der Waals surface area contributed by atoms with Gasteiger partial charge in [-0.3, -0.25) is 29.3 Å². The Morgan fingerprint density at radius 1 is 1.00 bits per heavy atom. The number of rotatable bonds is 10. The second kappa shape index (κ2) is 19.2. The van der Waals surface area contributed by atoms with Crippen molar-refractivity contribution in [3.05, 3.63) is 78.3 Å². The van der Waals surface area contributed by atoms with Gasteiger partial charge in [-0.15, -0.1) is 0 Å². The summed E-state index contributed by atoms with van der Waals surface area (Å²) in [4.78, 5) is 66.8. The molecule has 2 N–H and O–H groups in total. The van der Waals surface area contributed by atoms with Gasteiger partial charge in [-0.25, -0.2) is 4.79 Å². The number of para-hydroxylation sites is 1. The Bertz CT molecular complexity index is 2070. The first-order chi connectivity index (χ1) is 28.9. The Labute approximate surface area is 358 Å². The monoisotopic (exact) mass is 842 g/mol. The van der Waals surface area contributed by atoms with Crippen LogP contribution in [-0.4, -0.2) is 111 Å². The number of aromatic nitrogens is 2. The number of cyclic esters (lactones) is 1. The molecule has 1 amide bonds. The van der Waals surface area contributed by atoms with Crippen LogP contribution in [0.15, 0.2) is 67.1 Å². The molecule has 5 heterocycles. The number of hydrogen-bond acceptors (Lipinski definition) is 13. The number of amides is 1. The van der Waals surface area contributed by atoms with Crippen molar-refractivity contribution < 1.29 is 48.0 Å². The lowest BCUT2D eigenvalue weighted by molar-refractivity contribution is -0.297. The van der Waals surface area contributed by atoms with Crippen LogP contribution in [0.4, 0.5) is 4.79 Å². The number of ketones is 2. The van der Waals surface area contributed by atoms with Gasteiger partial charge in [-0.2, -0.15) is 0 Å². The van der Waals surface area contributed by atoms with Crippen LogP contribution >= 0.6 is 0 Å². The van der Waals surface area contributed by atoms with E-state index >= 15 is 0 Å². The molecule has 3 aliphatic rings. The first-order valence-corrected chi connectivity index (χ1v) is 21.5. The predicted molar refractivity (Wildman–Crippen MR) is 228 cm³/mol. The van der Waals surface area contributed by atoms with Crippen LogP contribution in [0.1, 0.15) is 85.8 Å². The fourth-order valence-corrected chi connectivity index (χ4v) is 9.55. The highest BCUT2D eigenvalue weighted by Gasteiger charge is 2.57. The van der Waals surface area contributed by atoms with Gasteiger partial charge < -0.3 is 34.1 Å². The van der Waals surface area contributed by atoms with E-state index in [9.17, 15) is 24.3 Å². The quantitative estimate of drug-likeness (QED) is 0.178. The Morgan fingerprint density at radius 2 is 1.75 bits per heavy atom. The number of hydrogen-bond donors (Lipinski definition) is 2.